The molecule has 1 aliphatic heterocycles. The van der Waals surface area contributed by atoms with E-state index in [2.05, 4.69) is 4.57 Å². The molecule has 8 nitrogen and oxygen atoms in total. The van der Waals surface area contributed by atoms with Gasteiger partial charge in [0, 0.05) is 32.9 Å². The SMILES string of the molecule is CN(C)S(=O)(=O)c1ccc(C(=O)N2CCn3c(nc4c3CCCC4)C2)o1. The summed E-state index contributed by atoms with van der Waals surface area (Å²) in [6.45, 7) is 1.69. The monoisotopic (exact) mass is 378 g/mol. The Hall–Kier alpha value is -2.13. The molecule has 0 fully saturated rings. The minimum atomic E-state index is -3.69. The molecule has 1 amide bonds. The number of imidazole rings is 1. The topological polar surface area (TPSA) is 88.7 Å². The third kappa shape index (κ3) is 2.75. The molecule has 0 spiro atoms. The van der Waals surface area contributed by atoms with E-state index < -0.39 is 10.0 Å². The molecule has 0 unspecified atom stereocenters. The van der Waals surface area contributed by atoms with Crippen LogP contribution in [0, 0.1) is 0 Å². The summed E-state index contributed by atoms with van der Waals surface area (Å²) < 4.78 is 32.9. The molecule has 9 heteroatoms. The summed E-state index contributed by atoms with van der Waals surface area (Å²) in [7, 11) is -0.847. The van der Waals surface area contributed by atoms with Crippen LogP contribution in [0.25, 0.3) is 0 Å². The maximum Gasteiger partial charge on any atom is 0.290 e. The van der Waals surface area contributed by atoms with Gasteiger partial charge in [0.25, 0.3) is 15.9 Å². The highest BCUT2D eigenvalue weighted by atomic mass is 32.2. The van der Waals surface area contributed by atoms with Gasteiger partial charge < -0.3 is 13.9 Å². The van der Waals surface area contributed by atoms with Crippen LogP contribution < -0.4 is 0 Å². The fourth-order valence-electron chi connectivity index (χ4n) is 3.59. The smallest absolute Gasteiger partial charge is 0.290 e. The van der Waals surface area contributed by atoms with E-state index in [-0.39, 0.29) is 16.8 Å². The standard InChI is InChI=1S/C17H22N4O4S/c1-19(2)26(23,24)16-8-7-14(25-16)17(22)20-9-10-21-13-6-4-3-5-12(13)18-15(21)11-20/h7-8H,3-6,9-11H2,1-2H3. The van der Waals surface area contributed by atoms with Crippen LogP contribution in [0.3, 0.4) is 0 Å². The molecule has 26 heavy (non-hydrogen) atoms. The number of nitrogens with zero attached hydrogens (tertiary/aromatic N) is 4. The number of aromatic nitrogens is 2. The van der Waals surface area contributed by atoms with Crippen molar-refractivity contribution in [3.05, 3.63) is 35.1 Å². The summed E-state index contributed by atoms with van der Waals surface area (Å²) in [5, 5.41) is -0.222. The Kier molecular flexibility index (Phi) is 4.15. The molecule has 2 aromatic heterocycles. The Balaban J connectivity index is 1.55. The minimum Gasteiger partial charge on any atom is -0.438 e. The zero-order valence-corrected chi connectivity index (χ0v) is 15.8. The van der Waals surface area contributed by atoms with Gasteiger partial charge in [-0.15, -0.1) is 0 Å². The number of hydrogen-bond acceptors (Lipinski definition) is 5. The molecule has 140 valence electrons. The third-order valence-electron chi connectivity index (χ3n) is 5.05. The van der Waals surface area contributed by atoms with Crippen LogP contribution in [0.1, 0.15) is 40.6 Å². The minimum absolute atomic E-state index is 0.0372. The Morgan fingerprint density at radius 2 is 1.96 bits per heavy atom. The van der Waals surface area contributed by atoms with Crippen LogP contribution in [-0.4, -0.2) is 53.7 Å². The average molecular weight is 378 g/mol. The van der Waals surface area contributed by atoms with Crippen LogP contribution >= 0.6 is 0 Å². The molecule has 3 heterocycles. The van der Waals surface area contributed by atoms with Crippen molar-refractivity contribution in [3.63, 3.8) is 0 Å². The second-order valence-corrected chi connectivity index (χ2v) is 9.00. The van der Waals surface area contributed by atoms with Crippen LogP contribution in [0.15, 0.2) is 21.6 Å². The van der Waals surface area contributed by atoms with Gasteiger partial charge in [-0.3, -0.25) is 4.79 Å². The van der Waals surface area contributed by atoms with Gasteiger partial charge in [0.1, 0.15) is 5.82 Å². The van der Waals surface area contributed by atoms with Crippen molar-refractivity contribution in [1.29, 1.82) is 0 Å². The second-order valence-electron chi connectivity index (χ2n) is 6.91. The maximum atomic E-state index is 12.7. The highest BCUT2D eigenvalue weighted by Gasteiger charge is 2.30. The first-order valence-electron chi connectivity index (χ1n) is 8.76. The number of sulfonamides is 1. The number of aryl methyl sites for hydroxylation is 1. The van der Waals surface area contributed by atoms with Crippen molar-refractivity contribution >= 4 is 15.9 Å². The number of rotatable bonds is 3. The quantitative estimate of drug-likeness (QED) is 0.802. The Labute approximate surface area is 152 Å². The van der Waals surface area contributed by atoms with Gasteiger partial charge in [-0.05, 0) is 37.8 Å². The van der Waals surface area contributed by atoms with Gasteiger partial charge in [-0.25, -0.2) is 17.7 Å². The van der Waals surface area contributed by atoms with E-state index in [1.54, 1.807) is 4.90 Å². The third-order valence-corrected chi connectivity index (χ3v) is 6.74. The van der Waals surface area contributed by atoms with Crippen LogP contribution in [0.4, 0.5) is 0 Å². The molecule has 1 aliphatic carbocycles. The lowest BCUT2D eigenvalue weighted by Gasteiger charge is -2.28. The maximum absolute atomic E-state index is 12.7. The lowest BCUT2D eigenvalue weighted by molar-refractivity contribution is 0.0668. The van der Waals surface area contributed by atoms with Gasteiger partial charge in [0.2, 0.25) is 5.09 Å². The van der Waals surface area contributed by atoms with E-state index in [0.717, 1.165) is 28.7 Å². The predicted molar refractivity (Wildman–Crippen MR) is 93.2 cm³/mol. The number of fused-ring (bicyclic) bond motifs is 3. The predicted octanol–water partition coefficient (Wildman–Crippen LogP) is 1.26. The first kappa shape index (κ1) is 17.3. The van der Waals surface area contributed by atoms with Gasteiger partial charge >= 0.3 is 0 Å². The first-order chi connectivity index (χ1) is 12.4. The summed E-state index contributed by atoms with van der Waals surface area (Å²) in [5.74, 6) is 0.636. The lowest BCUT2D eigenvalue weighted by atomic mass is 10.0. The van der Waals surface area contributed by atoms with E-state index in [9.17, 15) is 13.2 Å². The normalized spacial score (nSPS) is 17.3. The molecule has 2 aromatic rings. The van der Waals surface area contributed by atoms with Crippen molar-refractivity contribution in [2.24, 2.45) is 0 Å². The van der Waals surface area contributed by atoms with E-state index >= 15 is 0 Å². The van der Waals surface area contributed by atoms with Crippen LogP contribution in [-0.2, 0) is 36.0 Å². The number of furan rings is 1. The van der Waals surface area contributed by atoms with E-state index in [1.165, 1.54) is 44.8 Å². The molecule has 0 bridgehead atoms. The summed E-state index contributed by atoms with van der Waals surface area (Å²) in [4.78, 5) is 19.1. The molecule has 0 aromatic carbocycles. The van der Waals surface area contributed by atoms with Gasteiger partial charge in [-0.1, -0.05) is 0 Å². The van der Waals surface area contributed by atoms with Gasteiger partial charge in [0.05, 0.1) is 12.2 Å². The molecule has 0 N–H and O–H groups in total. The highest BCUT2D eigenvalue weighted by Crippen LogP contribution is 2.26. The molecular weight excluding hydrogens is 356 g/mol. The highest BCUT2D eigenvalue weighted by molar-refractivity contribution is 7.88. The van der Waals surface area contributed by atoms with Crippen LogP contribution in [0.5, 0.6) is 0 Å². The Morgan fingerprint density at radius 3 is 2.73 bits per heavy atom. The molecule has 0 saturated carbocycles. The zero-order chi connectivity index (χ0) is 18.5. The largest absolute Gasteiger partial charge is 0.438 e. The summed E-state index contributed by atoms with van der Waals surface area (Å²) in [5.41, 5.74) is 2.48. The Bertz CT molecular complexity index is 958. The van der Waals surface area contributed by atoms with Crippen molar-refractivity contribution in [1.82, 2.24) is 18.8 Å². The summed E-state index contributed by atoms with van der Waals surface area (Å²) >= 11 is 0. The zero-order valence-electron chi connectivity index (χ0n) is 14.9. The van der Waals surface area contributed by atoms with E-state index in [4.69, 9.17) is 9.40 Å². The van der Waals surface area contributed by atoms with Crippen molar-refractivity contribution in [2.75, 3.05) is 20.6 Å². The van der Waals surface area contributed by atoms with Gasteiger partial charge in [0.15, 0.2) is 5.76 Å². The van der Waals surface area contributed by atoms with E-state index in [1.807, 2.05) is 0 Å². The summed E-state index contributed by atoms with van der Waals surface area (Å²) in [6, 6.07) is 2.75. The van der Waals surface area contributed by atoms with Gasteiger partial charge in [-0.2, -0.15) is 0 Å². The number of carbonyl (C=O) groups is 1. The first-order valence-corrected chi connectivity index (χ1v) is 10.2. The number of hydrogen-bond donors (Lipinski definition) is 0. The van der Waals surface area contributed by atoms with Crippen molar-refractivity contribution < 1.29 is 17.6 Å². The van der Waals surface area contributed by atoms with E-state index in [0.29, 0.717) is 19.6 Å². The lowest BCUT2D eigenvalue weighted by Crippen LogP contribution is -2.38. The second kappa shape index (κ2) is 6.24. The molecule has 0 radical (unpaired) electrons. The number of carbonyl (C=O) groups excluding carboxylic acids is 1. The molecule has 0 saturated heterocycles. The average Bonchev–Trinajstić information content (AvgIpc) is 3.25. The molecule has 2 aliphatic rings. The fourth-order valence-corrected chi connectivity index (χ4v) is 4.39. The number of amides is 1. The fraction of sp³-hybridized carbons (Fsp3) is 0.529. The Morgan fingerprint density at radius 1 is 1.19 bits per heavy atom. The van der Waals surface area contributed by atoms with Crippen molar-refractivity contribution in [3.8, 4) is 0 Å². The molecule has 0 atom stereocenters. The molecular formula is C17H22N4O4S. The summed E-state index contributed by atoms with van der Waals surface area (Å²) in [6.07, 6.45) is 4.42. The molecule has 4 rings (SSSR count). The van der Waals surface area contributed by atoms with Crippen LogP contribution in [0.2, 0.25) is 0 Å². The van der Waals surface area contributed by atoms with Crippen molar-refractivity contribution in [2.45, 2.75) is 43.9 Å².